The molecule has 0 aliphatic rings. The van der Waals surface area contributed by atoms with Crippen LogP contribution in [0.1, 0.15) is 60.5 Å². The summed E-state index contributed by atoms with van der Waals surface area (Å²) in [6, 6.07) is 20.9. The summed E-state index contributed by atoms with van der Waals surface area (Å²) in [5.41, 5.74) is 5.27. The summed E-state index contributed by atoms with van der Waals surface area (Å²) < 4.78 is 11.5. The Balaban J connectivity index is 1.32. The van der Waals surface area contributed by atoms with Gasteiger partial charge in [-0.05, 0) is 84.2 Å². The van der Waals surface area contributed by atoms with Gasteiger partial charge in [0.25, 0.3) is 5.91 Å². The Labute approximate surface area is 210 Å². The number of hydrogen-bond acceptors (Lipinski definition) is 5. The number of amides is 1. The molecule has 0 aliphatic carbocycles. The van der Waals surface area contributed by atoms with Crippen LogP contribution in [0, 0.1) is 0 Å². The molecule has 35 heavy (non-hydrogen) atoms. The van der Waals surface area contributed by atoms with Crippen LogP contribution in [0.3, 0.4) is 0 Å². The molecule has 3 aromatic carbocycles. The molecule has 0 bridgehead atoms. The molecule has 1 aromatic heterocycles. The second-order valence-electron chi connectivity index (χ2n) is 8.64. The molecule has 0 radical (unpaired) electrons. The third kappa shape index (κ3) is 6.45. The largest absolute Gasteiger partial charge is 0.494 e. The minimum absolute atomic E-state index is 0.231. The van der Waals surface area contributed by atoms with Gasteiger partial charge in [-0.3, -0.25) is 10.1 Å². The van der Waals surface area contributed by atoms with E-state index in [-0.39, 0.29) is 11.0 Å². The van der Waals surface area contributed by atoms with Gasteiger partial charge >= 0.3 is 0 Å². The van der Waals surface area contributed by atoms with Crippen molar-refractivity contribution < 1.29 is 13.9 Å². The Bertz CT molecular complexity index is 1310. The van der Waals surface area contributed by atoms with E-state index >= 15 is 0 Å². The van der Waals surface area contributed by atoms with E-state index in [0.717, 1.165) is 34.5 Å². The molecular formula is C28H29N3O3S. The van der Waals surface area contributed by atoms with E-state index in [1.807, 2.05) is 37.3 Å². The summed E-state index contributed by atoms with van der Waals surface area (Å²) in [6.45, 7) is 7.02. The molecule has 6 nitrogen and oxygen atoms in total. The van der Waals surface area contributed by atoms with Gasteiger partial charge in [0.1, 0.15) is 11.3 Å². The molecule has 0 unspecified atom stereocenters. The molecule has 1 heterocycles. The molecule has 4 aromatic rings. The highest BCUT2D eigenvalue weighted by Gasteiger charge is 2.11. The zero-order valence-electron chi connectivity index (χ0n) is 20.1. The number of hydrogen-bond donors (Lipinski definition) is 2. The van der Waals surface area contributed by atoms with Crippen molar-refractivity contribution in [1.29, 1.82) is 0 Å². The Kier molecular flexibility index (Phi) is 7.77. The highest BCUT2D eigenvalue weighted by Crippen LogP contribution is 2.23. The van der Waals surface area contributed by atoms with E-state index in [1.54, 1.807) is 24.3 Å². The lowest BCUT2D eigenvalue weighted by molar-refractivity contribution is 0.0977. The summed E-state index contributed by atoms with van der Waals surface area (Å²) >= 11 is 5.31. The van der Waals surface area contributed by atoms with E-state index in [0.29, 0.717) is 30.4 Å². The molecule has 0 atom stereocenters. The van der Waals surface area contributed by atoms with E-state index in [1.165, 1.54) is 5.56 Å². The predicted octanol–water partition coefficient (Wildman–Crippen LogP) is 6.46. The average molecular weight is 488 g/mol. The molecule has 0 fully saturated rings. The maximum Gasteiger partial charge on any atom is 0.257 e. The van der Waals surface area contributed by atoms with Crippen molar-refractivity contribution in [2.45, 2.75) is 39.5 Å². The van der Waals surface area contributed by atoms with Crippen LogP contribution < -0.4 is 15.4 Å². The zero-order chi connectivity index (χ0) is 24.8. The summed E-state index contributed by atoms with van der Waals surface area (Å²) in [7, 11) is 0. The van der Waals surface area contributed by atoms with Crippen molar-refractivity contribution in [3.63, 3.8) is 0 Å². The maximum absolute atomic E-state index is 12.5. The van der Waals surface area contributed by atoms with Gasteiger partial charge in [-0.2, -0.15) is 0 Å². The number of aromatic nitrogens is 1. The van der Waals surface area contributed by atoms with Crippen molar-refractivity contribution in [3.8, 4) is 5.75 Å². The van der Waals surface area contributed by atoms with Crippen molar-refractivity contribution in [2.24, 2.45) is 0 Å². The lowest BCUT2D eigenvalue weighted by Gasteiger charge is -2.10. The third-order valence-electron chi connectivity index (χ3n) is 5.51. The SMILES string of the molecule is CCCOc1ccc(C(=O)NC(=S)Nc2ccc(Cc3nc4cc(C(C)C)ccc4o3)cc2)cc1. The number of carbonyl (C=O) groups is 1. The van der Waals surface area contributed by atoms with Gasteiger partial charge in [-0.25, -0.2) is 4.98 Å². The first-order chi connectivity index (χ1) is 16.9. The number of oxazole rings is 1. The number of fused-ring (bicyclic) bond motifs is 1. The fraction of sp³-hybridized carbons (Fsp3) is 0.250. The fourth-order valence-corrected chi connectivity index (χ4v) is 3.78. The van der Waals surface area contributed by atoms with Crippen molar-refractivity contribution in [2.75, 3.05) is 11.9 Å². The van der Waals surface area contributed by atoms with Crippen LogP contribution in [-0.2, 0) is 6.42 Å². The quantitative estimate of drug-likeness (QED) is 0.278. The van der Waals surface area contributed by atoms with Crippen LogP contribution in [0.5, 0.6) is 5.75 Å². The minimum atomic E-state index is -0.280. The second-order valence-corrected chi connectivity index (χ2v) is 9.05. The van der Waals surface area contributed by atoms with Crippen molar-refractivity contribution in [3.05, 3.63) is 89.3 Å². The molecule has 2 N–H and O–H groups in total. The molecule has 1 amide bonds. The van der Waals surface area contributed by atoms with Crippen molar-refractivity contribution >= 4 is 40.0 Å². The molecule has 0 spiro atoms. The van der Waals surface area contributed by atoms with E-state index in [4.69, 9.17) is 21.4 Å². The number of rotatable bonds is 8. The van der Waals surface area contributed by atoms with Crippen LogP contribution in [0.4, 0.5) is 5.69 Å². The van der Waals surface area contributed by atoms with Crippen LogP contribution >= 0.6 is 12.2 Å². The van der Waals surface area contributed by atoms with Gasteiger partial charge in [0.15, 0.2) is 16.6 Å². The lowest BCUT2D eigenvalue weighted by Crippen LogP contribution is -2.34. The number of thiocarbonyl (C=S) groups is 1. The number of anilines is 1. The topological polar surface area (TPSA) is 76.4 Å². The van der Waals surface area contributed by atoms with Gasteiger partial charge in [-0.1, -0.05) is 39.0 Å². The highest BCUT2D eigenvalue weighted by molar-refractivity contribution is 7.80. The zero-order valence-corrected chi connectivity index (χ0v) is 20.9. The molecule has 0 aliphatic heterocycles. The molecule has 7 heteroatoms. The first kappa shape index (κ1) is 24.4. The van der Waals surface area contributed by atoms with Crippen LogP contribution in [0.15, 0.2) is 71.1 Å². The van der Waals surface area contributed by atoms with E-state index in [9.17, 15) is 4.79 Å². The molecule has 4 rings (SSSR count). The molecule has 180 valence electrons. The monoisotopic (exact) mass is 487 g/mol. The molecule has 0 saturated carbocycles. The number of nitrogens with zero attached hydrogens (tertiary/aromatic N) is 1. The smallest absolute Gasteiger partial charge is 0.257 e. The van der Waals surface area contributed by atoms with Gasteiger partial charge in [0.2, 0.25) is 0 Å². The molecular weight excluding hydrogens is 458 g/mol. The number of nitrogens with one attached hydrogen (secondary N) is 2. The van der Waals surface area contributed by atoms with Crippen LogP contribution in [-0.4, -0.2) is 22.6 Å². The van der Waals surface area contributed by atoms with Gasteiger partial charge in [0, 0.05) is 17.7 Å². The van der Waals surface area contributed by atoms with Gasteiger partial charge in [0.05, 0.1) is 6.61 Å². The number of carbonyl (C=O) groups excluding carboxylic acids is 1. The summed E-state index contributed by atoms with van der Waals surface area (Å²) in [4.78, 5) is 17.1. The van der Waals surface area contributed by atoms with Crippen LogP contribution in [0.2, 0.25) is 0 Å². The first-order valence-corrected chi connectivity index (χ1v) is 12.2. The van der Waals surface area contributed by atoms with Crippen LogP contribution in [0.25, 0.3) is 11.1 Å². The minimum Gasteiger partial charge on any atom is -0.494 e. The maximum atomic E-state index is 12.5. The Hall–Kier alpha value is -3.71. The lowest BCUT2D eigenvalue weighted by atomic mass is 10.0. The van der Waals surface area contributed by atoms with Gasteiger partial charge < -0.3 is 14.5 Å². The van der Waals surface area contributed by atoms with E-state index < -0.39 is 0 Å². The summed E-state index contributed by atoms with van der Waals surface area (Å²) in [5.74, 6) is 1.58. The molecule has 0 saturated heterocycles. The highest BCUT2D eigenvalue weighted by atomic mass is 32.1. The first-order valence-electron chi connectivity index (χ1n) is 11.7. The van der Waals surface area contributed by atoms with E-state index in [2.05, 4.69) is 41.6 Å². The standard InChI is InChI=1S/C28H29N3O3S/c1-4-15-33-23-12-7-20(8-13-23)27(32)31-28(35)29-22-10-5-19(6-11-22)16-26-30-24-17-21(18(2)3)9-14-25(24)34-26/h5-14,17-18H,4,15-16H2,1-3H3,(H2,29,31,32,35). The number of ether oxygens (including phenoxy) is 1. The van der Waals surface area contributed by atoms with Gasteiger partial charge in [-0.15, -0.1) is 0 Å². The third-order valence-corrected chi connectivity index (χ3v) is 5.71. The van der Waals surface area contributed by atoms with Crippen molar-refractivity contribution in [1.82, 2.24) is 10.3 Å². The summed E-state index contributed by atoms with van der Waals surface area (Å²) in [5, 5.41) is 5.98. The Morgan fingerprint density at radius 2 is 1.80 bits per heavy atom. The summed E-state index contributed by atoms with van der Waals surface area (Å²) in [6.07, 6.45) is 1.52. The number of benzene rings is 3. The fourth-order valence-electron chi connectivity index (χ4n) is 3.57. The predicted molar refractivity (Wildman–Crippen MR) is 143 cm³/mol. The Morgan fingerprint density at radius 1 is 1.06 bits per heavy atom. The average Bonchev–Trinajstić information content (AvgIpc) is 3.25. The Morgan fingerprint density at radius 3 is 2.49 bits per heavy atom. The second kappa shape index (κ2) is 11.1. The normalized spacial score (nSPS) is 11.0.